The van der Waals surface area contributed by atoms with Crippen LogP contribution in [0.25, 0.3) is 0 Å². The van der Waals surface area contributed by atoms with Gasteiger partial charge in [0.1, 0.15) is 0 Å². The van der Waals surface area contributed by atoms with E-state index in [0.29, 0.717) is 25.6 Å². The maximum absolute atomic E-state index is 12.3. The van der Waals surface area contributed by atoms with E-state index in [9.17, 15) is 13.2 Å². The Morgan fingerprint density at radius 2 is 2.08 bits per heavy atom. The van der Waals surface area contributed by atoms with Crippen molar-refractivity contribution in [2.45, 2.75) is 32.9 Å². The number of nitrogens with one attached hydrogen (secondary N) is 2. The molecule has 0 aliphatic rings. The van der Waals surface area contributed by atoms with Crippen LogP contribution in [0.1, 0.15) is 23.7 Å². The van der Waals surface area contributed by atoms with Crippen LogP contribution in [-0.2, 0) is 12.8 Å². The molecule has 0 unspecified atom stereocenters. The first-order valence-corrected chi connectivity index (χ1v) is 8.86. The van der Waals surface area contributed by atoms with Gasteiger partial charge in [-0.25, -0.2) is 4.98 Å². The number of aromatic nitrogens is 1. The summed E-state index contributed by atoms with van der Waals surface area (Å²) in [5.41, 5.74) is 0. The average Bonchev–Trinajstić information content (AvgIpc) is 2.93. The fourth-order valence-electron chi connectivity index (χ4n) is 1.97. The monoisotopic (exact) mass is 365 g/mol. The van der Waals surface area contributed by atoms with Crippen molar-refractivity contribution in [1.82, 2.24) is 20.5 Å². The van der Waals surface area contributed by atoms with Gasteiger partial charge >= 0.3 is 6.18 Å². The summed E-state index contributed by atoms with van der Waals surface area (Å²) in [7, 11) is 1.44. The van der Waals surface area contributed by atoms with E-state index >= 15 is 0 Å². The molecule has 0 amide bonds. The Morgan fingerprint density at radius 3 is 2.67 bits per heavy atom. The van der Waals surface area contributed by atoms with Crippen LogP contribution in [0.4, 0.5) is 13.2 Å². The predicted octanol–water partition coefficient (Wildman–Crippen LogP) is 2.30. The van der Waals surface area contributed by atoms with Gasteiger partial charge in [-0.15, -0.1) is 11.3 Å². The van der Waals surface area contributed by atoms with Crippen molar-refractivity contribution < 1.29 is 13.2 Å². The minimum absolute atomic E-state index is 0.252. The minimum Gasteiger partial charge on any atom is -0.357 e. The van der Waals surface area contributed by atoms with Crippen LogP contribution in [0.3, 0.4) is 0 Å². The van der Waals surface area contributed by atoms with Crippen molar-refractivity contribution in [1.29, 1.82) is 0 Å². The van der Waals surface area contributed by atoms with E-state index in [1.165, 1.54) is 16.8 Å². The second-order valence-corrected chi connectivity index (χ2v) is 6.56. The van der Waals surface area contributed by atoms with Gasteiger partial charge in [0.05, 0.1) is 18.1 Å². The number of halogens is 3. The van der Waals surface area contributed by atoms with Crippen LogP contribution in [0.2, 0.25) is 0 Å². The van der Waals surface area contributed by atoms with Crippen molar-refractivity contribution >= 4 is 17.3 Å². The molecular weight excluding hydrogens is 339 g/mol. The third kappa shape index (κ3) is 9.07. The van der Waals surface area contributed by atoms with Crippen LogP contribution < -0.4 is 10.6 Å². The van der Waals surface area contributed by atoms with Gasteiger partial charge < -0.3 is 10.6 Å². The predicted molar refractivity (Wildman–Crippen MR) is 92.7 cm³/mol. The van der Waals surface area contributed by atoms with Gasteiger partial charge in [0.25, 0.3) is 0 Å². The molecule has 24 heavy (non-hydrogen) atoms. The number of nitrogens with zero attached hydrogens (tertiary/aromatic N) is 3. The van der Waals surface area contributed by atoms with Gasteiger partial charge in [0, 0.05) is 37.1 Å². The molecule has 1 rings (SSSR count). The number of aliphatic imine (C=N–C) groups is 1. The maximum Gasteiger partial charge on any atom is 0.401 e. The average molecular weight is 365 g/mol. The third-order valence-electron chi connectivity index (χ3n) is 3.13. The van der Waals surface area contributed by atoms with E-state index in [2.05, 4.69) is 27.5 Å². The number of aryl methyl sites for hydroxylation is 1. The molecule has 5 nitrogen and oxygen atoms in total. The fraction of sp³-hybridized carbons (Fsp3) is 0.733. The van der Waals surface area contributed by atoms with E-state index in [1.807, 2.05) is 13.1 Å². The molecule has 0 aliphatic heterocycles. The van der Waals surface area contributed by atoms with Crippen LogP contribution >= 0.6 is 11.3 Å². The number of likely N-dealkylation sites (N-methyl/N-ethyl adjacent to an activating group) is 1. The Hall–Kier alpha value is -1.35. The molecule has 0 radical (unpaired) electrons. The third-order valence-corrected chi connectivity index (χ3v) is 4.33. The lowest BCUT2D eigenvalue weighted by Crippen LogP contribution is -2.39. The summed E-state index contributed by atoms with van der Waals surface area (Å²) in [6.07, 6.45) is -0.494. The molecule has 138 valence electrons. The van der Waals surface area contributed by atoms with Gasteiger partial charge in [-0.1, -0.05) is 6.92 Å². The highest BCUT2D eigenvalue weighted by atomic mass is 32.1. The highest BCUT2D eigenvalue weighted by Crippen LogP contribution is 2.15. The Labute approximate surface area is 145 Å². The highest BCUT2D eigenvalue weighted by Gasteiger charge is 2.28. The summed E-state index contributed by atoms with van der Waals surface area (Å²) in [5, 5.41) is 7.34. The molecule has 0 aromatic carbocycles. The molecule has 0 fully saturated rings. The van der Waals surface area contributed by atoms with Gasteiger partial charge in [-0.05, 0) is 20.4 Å². The number of hydrogen-bond donors (Lipinski definition) is 2. The molecule has 0 bridgehead atoms. The number of hydrogen-bond acceptors (Lipinski definition) is 4. The molecular formula is C15H26F3N5S. The molecule has 0 saturated carbocycles. The summed E-state index contributed by atoms with van der Waals surface area (Å²) in [6.45, 7) is 5.06. The Bertz CT molecular complexity index is 502. The number of alkyl halides is 3. The van der Waals surface area contributed by atoms with E-state index in [0.717, 1.165) is 17.8 Å². The lowest BCUT2D eigenvalue weighted by Gasteiger charge is -2.17. The zero-order chi connectivity index (χ0) is 18.0. The normalized spacial score (nSPS) is 12.7. The topological polar surface area (TPSA) is 52.6 Å². The molecule has 0 atom stereocenters. The zero-order valence-corrected chi connectivity index (χ0v) is 15.2. The van der Waals surface area contributed by atoms with Gasteiger partial charge in [-0.3, -0.25) is 9.89 Å². The minimum atomic E-state index is -4.17. The SMILES string of the molecule is CCNC(=NCCN(C)CC(F)(F)F)NCCc1ncc(CC)s1. The van der Waals surface area contributed by atoms with E-state index < -0.39 is 12.7 Å². The number of rotatable bonds is 9. The first-order valence-electron chi connectivity index (χ1n) is 8.05. The van der Waals surface area contributed by atoms with Crippen molar-refractivity contribution in [2.75, 3.05) is 39.8 Å². The fourth-order valence-corrected chi connectivity index (χ4v) is 2.84. The van der Waals surface area contributed by atoms with E-state index in [1.54, 1.807) is 11.3 Å². The smallest absolute Gasteiger partial charge is 0.357 e. The molecule has 0 saturated heterocycles. The molecule has 0 aliphatic carbocycles. The Morgan fingerprint density at radius 1 is 1.33 bits per heavy atom. The summed E-state index contributed by atoms with van der Waals surface area (Å²) < 4.78 is 36.8. The lowest BCUT2D eigenvalue weighted by atomic mass is 10.4. The van der Waals surface area contributed by atoms with Crippen LogP contribution in [0.5, 0.6) is 0 Å². The molecule has 9 heteroatoms. The summed E-state index contributed by atoms with van der Waals surface area (Å²) >= 11 is 1.70. The first kappa shape index (κ1) is 20.7. The summed E-state index contributed by atoms with van der Waals surface area (Å²) in [5.74, 6) is 0.616. The first-order chi connectivity index (χ1) is 11.3. The van der Waals surface area contributed by atoms with Crippen LogP contribution in [0.15, 0.2) is 11.2 Å². The summed E-state index contributed by atoms with van der Waals surface area (Å²) in [6, 6.07) is 0. The quantitative estimate of drug-likeness (QED) is 0.521. The second kappa shape index (κ2) is 10.5. The largest absolute Gasteiger partial charge is 0.401 e. The van der Waals surface area contributed by atoms with Crippen molar-refractivity contribution in [3.8, 4) is 0 Å². The van der Waals surface area contributed by atoms with Gasteiger partial charge in [-0.2, -0.15) is 13.2 Å². The van der Waals surface area contributed by atoms with Crippen molar-refractivity contribution in [3.05, 3.63) is 16.1 Å². The van der Waals surface area contributed by atoms with Crippen molar-refractivity contribution in [2.24, 2.45) is 4.99 Å². The Balaban J connectivity index is 2.36. The van der Waals surface area contributed by atoms with Crippen LogP contribution in [0, 0.1) is 0 Å². The van der Waals surface area contributed by atoms with Gasteiger partial charge in [0.15, 0.2) is 5.96 Å². The summed E-state index contributed by atoms with van der Waals surface area (Å²) in [4.78, 5) is 11.1. The van der Waals surface area contributed by atoms with Crippen LogP contribution in [-0.4, -0.2) is 61.8 Å². The number of guanidine groups is 1. The zero-order valence-electron chi connectivity index (χ0n) is 14.4. The van der Waals surface area contributed by atoms with E-state index in [-0.39, 0.29) is 6.54 Å². The van der Waals surface area contributed by atoms with Gasteiger partial charge in [0.2, 0.25) is 0 Å². The molecule has 1 aromatic heterocycles. The maximum atomic E-state index is 12.3. The van der Waals surface area contributed by atoms with E-state index in [4.69, 9.17) is 0 Å². The highest BCUT2D eigenvalue weighted by molar-refractivity contribution is 7.11. The Kier molecular flexibility index (Phi) is 9.05. The molecule has 0 spiro atoms. The molecule has 1 heterocycles. The lowest BCUT2D eigenvalue weighted by molar-refractivity contribution is -0.142. The van der Waals surface area contributed by atoms with Crippen molar-refractivity contribution in [3.63, 3.8) is 0 Å². The number of thiazole rings is 1. The molecule has 1 aromatic rings. The standard InChI is InChI=1S/C15H26F3N5S/c1-4-12-10-22-13(24-12)6-7-20-14(19-5-2)21-8-9-23(3)11-15(16,17)18/h10H,4-9,11H2,1-3H3,(H2,19,20,21). The molecule has 2 N–H and O–H groups in total. The second-order valence-electron chi connectivity index (χ2n) is 5.36.